The third kappa shape index (κ3) is 4.68. The molecule has 0 saturated heterocycles. The summed E-state index contributed by atoms with van der Waals surface area (Å²) in [6.07, 6.45) is 1.59. The number of para-hydroxylation sites is 1. The van der Waals surface area contributed by atoms with Gasteiger partial charge in [0.15, 0.2) is 0 Å². The Morgan fingerprint density at radius 2 is 1.84 bits per heavy atom. The molecule has 10 heteroatoms. The van der Waals surface area contributed by atoms with E-state index in [0.717, 1.165) is 24.0 Å². The van der Waals surface area contributed by atoms with Crippen LogP contribution in [0.3, 0.4) is 0 Å². The van der Waals surface area contributed by atoms with E-state index in [1.165, 1.54) is 21.3 Å². The van der Waals surface area contributed by atoms with Crippen LogP contribution in [0.5, 0.6) is 0 Å². The number of nitrogens with one attached hydrogen (secondary N) is 1. The van der Waals surface area contributed by atoms with Crippen LogP contribution in [0.2, 0.25) is 0 Å². The van der Waals surface area contributed by atoms with Crippen molar-refractivity contribution in [3.63, 3.8) is 0 Å². The first-order valence-electron chi connectivity index (χ1n) is 9.68. The van der Waals surface area contributed by atoms with Crippen LogP contribution in [0.15, 0.2) is 36.4 Å². The zero-order valence-electron chi connectivity index (χ0n) is 17.4. The van der Waals surface area contributed by atoms with E-state index in [1.54, 1.807) is 26.0 Å². The SMILES string of the molecule is CCN(CC(=O)Nc1c(F)cccc1F)C(=O)c1ccc2c(c1)CC(C)N2S(C)(=O)=O. The fraction of sp³-hybridized carbons (Fsp3) is 0.333. The summed E-state index contributed by atoms with van der Waals surface area (Å²) in [4.78, 5) is 26.5. The Labute approximate surface area is 179 Å². The minimum Gasteiger partial charge on any atom is -0.330 e. The highest BCUT2D eigenvalue weighted by Crippen LogP contribution is 2.35. The fourth-order valence-electron chi connectivity index (χ4n) is 3.72. The number of fused-ring (bicyclic) bond motifs is 1. The van der Waals surface area contributed by atoms with Crippen LogP contribution >= 0.6 is 0 Å². The number of sulfonamides is 1. The summed E-state index contributed by atoms with van der Waals surface area (Å²) in [6, 6.07) is 7.67. The van der Waals surface area contributed by atoms with Crippen LogP contribution in [-0.2, 0) is 21.2 Å². The van der Waals surface area contributed by atoms with E-state index in [9.17, 15) is 26.8 Å². The second kappa shape index (κ2) is 8.62. The molecule has 0 radical (unpaired) electrons. The molecule has 2 amide bonds. The second-order valence-electron chi connectivity index (χ2n) is 7.42. The van der Waals surface area contributed by atoms with Crippen molar-refractivity contribution in [1.29, 1.82) is 0 Å². The van der Waals surface area contributed by atoms with Crippen molar-refractivity contribution in [2.24, 2.45) is 0 Å². The minimum atomic E-state index is -3.45. The normalized spacial score (nSPS) is 15.5. The predicted octanol–water partition coefficient (Wildman–Crippen LogP) is 2.78. The maximum atomic E-state index is 13.7. The lowest BCUT2D eigenvalue weighted by Gasteiger charge is -2.23. The van der Waals surface area contributed by atoms with Crippen molar-refractivity contribution in [2.45, 2.75) is 26.3 Å². The molecule has 2 aromatic carbocycles. The second-order valence-corrected chi connectivity index (χ2v) is 9.28. The van der Waals surface area contributed by atoms with Gasteiger partial charge in [-0.25, -0.2) is 17.2 Å². The van der Waals surface area contributed by atoms with Gasteiger partial charge in [0.2, 0.25) is 15.9 Å². The van der Waals surface area contributed by atoms with Crippen molar-refractivity contribution in [3.8, 4) is 0 Å². The molecule has 31 heavy (non-hydrogen) atoms. The quantitative estimate of drug-likeness (QED) is 0.732. The van der Waals surface area contributed by atoms with Gasteiger partial charge < -0.3 is 10.2 Å². The van der Waals surface area contributed by atoms with Gasteiger partial charge in [-0.2, -0.15) is 0 Å². The van der Waals surface area contributed by atoms with Crippen molar-refractivity contribution < 1.29 is 26.8 Å². The van der Waals surface area contributed by atoms with Crippen molar-refractivity contribution >= 4 is 33.2 Å². The Bertz CT molecular complexity index is 1120. The molecule has 2 aromatic rings. The van der Waals surface area contributed by atoms with Gasteiger partial charge in [-0.1, -0.05) is 6.07 Å². The minimum absolute atomic E-state index is 0.189. The molecule has 1 aliphatic heterocycles. The van der Waals surface area contributed by atoms with Gasteiger partial charge in [0.25, 0.3) is 5.91 Å². The number of halogens is 2. The zero-order chi connectivity index (χ0) is 22.9. The van der Waals surface area contributed by atoms with Gasteiger partial charge in [0.1, 0.15) is 23.9 Å². The average Bonchev–Trinajstić information content (AvgIpc) is 3.03. The van der Waals surface area contributed by atoms with Crippen molar-refractivity contribution in [2.75, 3.05) is 29.0 Å². The van der Waals surface area contributed by atoms with E-state index in [0.29, 0.717) is 17.7 Å². The van der Waals surface area contributed by atoms with Crippen LogP contribution in [-0.4, -0.2) is 50.5 Å². The van der Waals surface area contributed by atoms with Crippen LogP contribution < -0.4 is 9.62 Å². The standard InChI is InChI=1S/C21H23F2N3O4S/c1-4-25(12-19(27)24-20-16(22)6-5-7-17(20)23)21(28)14-8-9-18-15(11-14)10-13(2)26(18)31(3,29)30/h5-9,11,13H,4,10,12H2,1-3H3,(H,24,27). The highest BCUT2D eigenvalue weighted by Gasteiger charge is 2.33. The topological polar surface area (TPSA) is 86.8 Å². The number of nitrogens with zero attached hydrogens (tertiary/aromatic N) is 2. The Morgan fingerprint density at radius 1 is 1.19 bits per heavy atom. The first-order valence-corrected chi connectivity index (χ1v) is 11.5. The van der Waals surface area contributed by atoms with Crippen LogP contribution in [0.1, 0.15) is 29.8 Å². The lowest BCUT2D eigenvalue weighted by Crippen LogP contribution is -2.38. The summed E-state index contributed by atoms with van der Waals surface area (Å²) in [5, 5.41) is 2.16. The maximum absolute atomic E-state index is 13.7. The van der Waals surface area contributed by atoms with Crippen molar-refractivity contribution in [1.82, 2.24) is 4.90 Å². The molecule has 0 fully saturated rings. The molecule has 0 aliphatic carbocycles. The Morgan fingerprint density at radius 3 is 2.42 bits per heavy atom. The first-order chi connectivity index (χ1) is 14.5. The number of benzene rings is 2. The molecule has 3 rings (SSSR count). The molecule has 7 nitrogen and oxygen atoms in total. The summed E-state index contributed by atoms with van der Waals surface area (Å²) in [7, 11) is -3.45. The van der Waals surface area contributed by atoms with E-state index in [2.05, 4.69) is 5.32 Å². The highest BCUT2D eigenvalue weighted by atomic mass is 32.2. The number of rotatable bonds is 6. The van der Waals surface area contributed by atoms with Gasteiger partial charge in [-0.3, -0.25) is 13.9 Å². The van der Waals surface area contributed by atoms with Crippen LogP contribution in [0, 0.1) is 11.6 Å². The van der Waals surface area contributed by atoms with Crippen LogP contribution in [0.25, 0.3) is 0 Å². The smallest absolute Gasteiger partial charge is 0.254 e. The third-order valence-corrected chi connectivity index (χ3v) is 6.34. The van der Waals surface area contributed by atoms with E-state index < -0.39 is 45.7 Å². The largest absolute Gasteiger partial charge is 0.330 e. The molecule has 1 N–H and O–H groups in total. The van der Waals surface area contributed by atoms with E-state index >= 15 is 0 Å². The highest BCUT2D eigenvalue weighted by molar-refractivity contribution is 7.92. The lowest BCUT2D eigenvalue weighted by atomic mass is 10.1. The van der Waals surface area contributed by atoms with Gasteiger partial charge >= 0.3 is 0 Å². The first kappa shape index (κ1) is 22.7. The summed E-state index contributed by atoms with van der Waals surface area (Å²) in [5.74, 6) is -3.01. The molecule has 0 saturated carbocycles. The number of likely N-dealkylation sites (N-methyl/N-ethyl adjacent to an activating group) is 1. The summed E-state index contributed by atoms with van der Waals surface area (Å²) in [5.41, 5.74) is 0.983. The monoisotopic (exact) mass is 451 g/mol. The summed E-state index contributed by atoms with van der Waals surface area (Å²) in [6.45, 7) is 3.25. The Kier molecular flexibility index (Phi) is 6.30. The zero-order valence-corrected chi connectivity index (χ0v) is 18.2. The summed E-state index contributed by atoms with van der Waals surface area (Å²) < 4.78 is 52.9. The number of amides is 2. The van der Waals surface area contributed by atoms with Crippen molar-refractivity contribution in [3.05, 3.63) is 59.2 Å². The molecule has 0 aromatic heterocycles. The molecule has 1 atom stereocenters. The van der Waals surface area contributed by atoms with Crippen LogP contribution in [0.4, 0.5) is 20.2 Å². The number of hydrogen-bond donors (Lipinski definition) is 1. The molecule has 1 aliphatic rings. The number of anilines is 2. The molecule has 1 unspecified atom stereocenters. The maximum Gasteiger partial charge on any atom is 0.254 e. The predicted molar refractivity (Wildman–Crippen MR) is 113 cm³/mol. The van der Waals surface area contributed by atoms with Gasteiger partial charge in [-0.15, -0.1) is 0 Å². The Hall–Kier alpha value is -3.01. The molecule has 0 spiro atoms. The average molecular weight is 451 g/mol. The number of hydrogen-bond acceptors (Lipinski definition) is 4. The summed E-state index contributed by atoms with van der Waals surface area (Å²) >= 11 is 0. The Balaban J connectivity index is 1.77. The molecule has 166 valence electrons. The molecule has 1 heterocycles. The third-order valence-electron chi connectivity index (χ3n) is 5.07. The van der Waals surface area contributed by atoms with Gasteiger partial charge in [0, 0.05) is 18.2 Å². The van der Waals surface area contributed by atoms with Gasteiger partial charge in [0.05, 0.1) is 11.9 Å². The fourth-order valence-corrected chi connectivity index (χ4v) is 4.98. The molecular formula is C21H23F2N3O4S. The molecule has 0 bridgehead atoms. The molecular weight excluding hydrogens is 428 g/mol. The number of carbonyl (C=O) groups excluding carboxylic acids is 2. The van der Waals surface area contributed by atoms with E-state index in [-0.39, 0.29) is 12.6 Å². The number of carbonyl (C=O) groups is 2. The lowest BCUT2D eigenvalue weighted by molar-refractivity contribution is -0.116. The van der Waals surface area contributed by atoms with E-state index in [4.69, 9.17) is 0 Å². The van der Waals surface area contributed by atoms with Gasteiger partial charge in [-0.05, 0) is 56.2 Å². The van der Waals surface area contributed by atoms with E-state index in [1.807, 2.05) is 0 Å².